The Morgan fingerprint density at radius 1 is 1.60 bits per heavy atom. The second-order valence-corrected chi connectivity index (χ2v) is 5.32. The molecule has 20 heavy (non-hydrogen) atoms. The summed E-state index contributed by atoms with van der Waals surface area (Å²) in [6.45, 7) is 1.84. The zero-order chi connectivity index (χ0) is 14.9. The lowest BCUT2D eigenvalue weighted by molar-refractivity contribution is 0.0643. The van der Waals surface area contributed by atoms with Gasteiger partial charge in [0.05, 0.1) is 29.3 Å². The molecule has 1 aliphatic rings. The number of aliphatic hydroxyl groups excluding tert-OH is 1. The smallest absolute Gasteiger partial charge is 0.257 e. The number of ether oxygens (including phenoxy) is 1. The average molecular weight is 302 g/mol. The van der Waals surface area contributed by atoms with E-state index in [4.69, 9.17) is 16.3 Å². The fourth-order valence-corrected chi connectivity index (χ4v) is 2.60. The van der Waals surface area contributed by atoms with Crippen LogP contribution in [0.2, 0.25) is 5.02 Å². The summed E-state index contributed by atoms with van der Waals surface area (Å²) in [5.74, 6) is -1.18. The van der Waals surface area contributed by atoms with E-state index >= 15 is 0 Å². The zero-order valence-corrected chi connectivity index (χ0v) is 12.2. The summed E-state index contributed by atoms with van der Waals surface area (Å²) < 4.78 is 19.3. The highest BCUT2D eigenvalue weighted by Gasteiger charge is 2.36. The molecule has 2 rings (SSSR count). The Bertz CT molecular complexity index is 523. The van der Waals surface area contributed by atoms with Crippen molar-refractivity contribution in [2.45, 2.75) is 25.5 Å². The van der Waals surface area contributed by atoms with Crippen LogP contribution in [0, 0.1) is 12.7 Å². The van der Waals surface area contributed by atoms with Gasteiger partial charge in [-0.05, 0) is 25.0 Å². The van der Waals surface area contributed by atoms with Crippen molar-refractivity contribution in [1.82, 2.24) is 4.90 Å². The number of carbonyl (C=O) groups excluding carboxylic acids is 1. The standard InChI is InChI=1S/C14H17ClFNO3/c1-8-3-4-11(13(16)12(8)15)14(19)17-6-10(20-2)5-9(17)7-18/h3-4,9-10,18H,5-7H2,1-2H3/t9-,10-/m0/s1. The third kappa shape index (κ3) is 2.66. The molecule has 1 fully saturated rings. The molecule has 0 radical (unpaired) electrons. The van der Waals surface area contributed by atoms with Gasteiger partial charge in [0.25, 0.3) is 5.91 Å². The first-order valence-electron chi connectivity index (χ1n) is 6.38. The number of benzene rings is 1. The number of rotatable bonds is 3. The lowest BCUT2D eigenvalue weighted by Crippen LogP contribution is -2.38. The number of hydrogen-bond donors (Lipinski definition) is 1. The molecular formula is C14H17ClFNO3. The molecule has 110 valence electrons. The minimum Gasteiger partial charge on any atom is -0.394 e. The van der Waals surface area contributed by atoms with E-state index in [-0.39, 0.29) is 29.3 Å². The lowest BCUT2D eigenvalue weighted by Gasteiger charge is -2.23. The second-order valence-electron chi connectivity index (χ2n) is 4.95. The Labute approximate surface area is 122 Å². The molecule has 0 aromatic heterocycles. The summed E-state index contributed by atoms with van der Waals surface area (Å²) >= 11 is 5.84. The number of nitrogens with zero attached hydrogens (tertiary/aromatic N) is 1. The average Bonchev–Trinajstić information content (AvgIpc) is 2.87. The molecule has 1 aromatic rings. The van der Waals surface area contributed by atoms with E-state index < -0.39 is 11.7 Å². The summed E-state index contributed by atoms with van der Waals surface area (Å²) in [7, 11) is 1.55. The maximum Gasteiger partial charge on any atom is 0.257 e. The molecule has 0 unspecified atom stereocenters. The summed E-state index contributed by atoms with van der Waals surface area (Å²) in [5, 5.41) is 9.30. The first kappa shape index (κ1) is 15.2. The van der Waals surface area contributed by atoms with Crippen molar-refractivity contribution in [3.8, 4) is 0 Å². The van der Waals surface area contributed by atoms with Crippen LogP contribution in [0.25, 0.3) is 0 Å². The number of aliphatic hydroxyl groups is 1. The largest absolute Gasteiger partial charge is 0.394 e. The number of carbonyl (C=O) groups is 1. The Hall–Kier alpha value is -1.17. The number of hydrogen-bond acceptors (Lipinski definition) is 3. The summed E-state index contributed by atoms with van der Waals surface area (Å²) in [6.07, 6.45) is 0.403. The van der Waals surface area contributed by atoms with Gasteiger partial charge in [-0.25, -0.2) is 4.39 Å². The van der Waals surface area contributed by atoms with E-state index in [2.05, 4.69) is 0 Å². The maximum atomic E-state index is 14.1. The summed E-state index contributed by atoms with van der Waals surface area (Å²) in [5.41, 5.74) is 0.506. The van der Waals surface area contributed by atoms with Gasteiger partial charge in [-0.1, -0.05) is 17.7 Å². The van der Waals surface area contributed by atoms with Crippen molar-refractivity contribution < 1.29 is 19.0 Å². The Kier molecular flexibility index (Phi) is 4.62. The third-order valence-electron chi connectivity index (χ3n) is 3.69. The monoisotopic (exact) mass is 301 g/mol. The number of methoxy groups -OCH3 is 1. The molecular weight excluding hydrogens is 285 g/mol. The van der Waals surface area contributed by atoms with Crippen LogP contribution in [0.1, 0.15) is 22.3 Å². The molecule has 1 saturated heterocycles. The Morgan fingerprint density at radius 3 is 2.90 bits per heavy atom. The van der Waals surface area contributed by atoms with Gasteiger partial charge in [-0.3, -0.25) is 4.79 Å². The summed E-state index contributed by atoms with van der Waals surface area (Å²) in [4.78, 5) is 13.9. The number of likely N-dealkylation sites (tertiary alicyclic amines) is 1. The SMILES string of the molecule is CO[C@H]1C[C@@H](CO)N(C(=O)c2ccc(C)c(Cl)c2F)C1. The van der Waals surface area contributed by atoms with E-state index in [0.29, 0.717) is 18.5 Å². The highest BCUT2D eigenvalue weighted by Crippen LogP contribution is 2.27. The van der Waals surface area contributed by atoms with Gasteiger partial charge in [0.1, 0.15) is 0 Å². The van der Waals surface area contributed by atoms with Gasteiger partial charge in [0.15, 0.2) is 5.82 Å². The molecule has 1 amide bonds. The van der Waals surface area contributed by atoms with E-state index in [0.717, 1.165) is 0 Å². The molecule has 0 aliphatic carbocycles. The molecule has 0 saturated carbocycles. The van der Waals surface area contributed by atoms with Crippen LogP contribution in [0.4, 0.5) is 4.39 Å². The Balaban J connectivity index is 2.29. The van der Waals surface area contributed by atoms with Crippen LogP contribution in [0.5, 0.6) is 0 Å². The quantitative estimate of drug-likeness (QED) is 0.929. The fourth-order valence-electron chi connectivity index (χ4n) is 2.43. The predicted octanol–water partition coefficient (Wildman–Crippen LogP) is 2.01. The molecule has 1 N–H and O–H groups in total. The van der Waals surface area contributed by atoms with E-state index in [1.807, 2.05) is 0 Å². The van der Waals surface area contributed by atoms with Crippen LogP contribution in [-0.4, -0.2) is 48.3 Å². The third-order valence-corrected chi connectivity index (χ3v) is 4.15. The van der Waals surface area contributed by atoms with Crippen LogP contribution < -0.4 is 0 Å². The van der Waals surface area contributed by atoms with E-state index in [1.54, 1.807) is 20.1 Å². The maximum absolute atomic E-state index is 14.1. The van der Waals surface area contributed by atoms with E-state index in [9.17, 15) is 14.3 Å². The van der Waals surface area contributed by atoms with Crippen LogP contribution in [0.15, 0.2) is 12.1 Å². The number of halogens is 2. The number of aryl methyl sites for hydroxylation is 1. The van der Waals surface area contributed by atoms with Gasteiger partial charge < -0.3 is 14.7 Å². The molecule has 6 heteroatoms. The van der Waals surface area contributed by atoms with Crippen molar-refractivity contribution in [2.24, 2.45) is 0 Å². The highest BCUT2D eigenvalue weighted by atomic mass is 35.5. The molecule has 0 bridgehead atoms. The molecule has 1 aliphatic heterocycles. The zero-order valence-electron chi connectivity index (χ0n) is 11.4. The minimum atomic E-state index is -0.714. The molecule has 0 spiro atoms. The van der Waals surface area contributed by atoms with Gasteiger partial charge in [-0.15, -0.1) is 0 Å². The van der Waals surface area contributed by atoms with Crippen LogP contribution in [-0.2, 0) is 4.74 Å². The molecule has 2 atom stereocenters. The second kappa shape index (κ2) is 6.08. The van der Waals surface area contributed by atoms with Gasteiger partial charge in [0.2, 0.25) is 0 Å². The van der Waals surface area contributed by atoms with Crippen LogP contribution >= 0.6 is 11.6 Å². The lowest BCUT2D eigenvalue weighted by atomic mass is 10.1. The fraction of sp³-hybridized carbons (Fsp3) is 0.500. The van der Waals surface area contributed by atoms with E-state index in [1.165, 1.54) is 11.0 Å². The topological polar surface area (TPSA) is 49.8 Å². The van der Waals surface area contributed by atoms with Crippen molar-refractivity contribution in [2.75, 3.05) is 20.3 Å². The predicted molar refractivity (Wildman–Crippen MR) is 73.5 cm³/mol. The van der Waals surface area contributed by atoms with Gasteiger partial charge in [-0.2, -0.15) is 0 Å². The van der Waals surface area contributed by atoms with Crippen molar-refractivity contribution in [1.29, 1.82) is 0 Å². The minimum absolute atomic E-state index is 0.0427. The first-order valence-corrected chi connectivity index (χ1v) is 6.76. The highest BCUT2D eigenvalue weighted by molar-refractivity contribution is 6.31. The summed E-state index contributed by atoms with van der Waals surface area (Å²) in [6, 6.07) is 2.68. The first-order chi connectivity index (χ1) is 9.49. The van der Waals surface area contributed by atoms with Crippen molar-refractivity contribution in [3.63, 3.8) is 0 Å². The normalized spacial score (nSPS) is 22.4. The van der Waals surface area contributed by atoms with Gasteiger partial charge in [0, 0.05) is 13.7 Å². The molecule has 1 heterocycles. The molecule has 1 aromatic carbocycles. The molecule has 4 nitrogen and oxygen atoms in total. The van der Waals surface area contributed by atoms with Gasteiger partial charge >= 0.3 is 0 Å². The van der Waals surface area contributed by atoms with Crippen LogP contribution in [0.3, 0.4) is 0 Å². The van der Waals surface area contributed by atoms with Crippen molar-refractivity contribution >= 4 is 17.5 Å². The Morgan fingerprint density at radius 2 is 2.30 bits per heavy atom. The number of amides is 1. The van der Waals surface area contributed by atoms with Crippen molar-refractivity contribution in [3.05, 3.63) is 34.1 Å².